The Morgan fingerprint density at radius 2 is 1.77 bits per heavy atom. The highest BCUT2D eigenvalue weighted by molar-refractivity contribution is 6.04. The van der Waals surface area contributed by atoms with Gasteiger partial charge in [0.25, 0.3) is 11.5 Å². The number of carbonyl (C=O) groups excluding carboxylic acids is 1. The van der Waals surface area contributed by atoms with E-state index in [-0.39, 0.29) is 17.2 Å². The van der Waals surface area contributed by atoms with Crippen molar-refractivity contribution in [3.05, 3.63) is 88.9 Å². The molecule has 0 saturated heterocycles. The Morgan fingerprint density at radius 3 is 2.46 bits per heavy atom. The highest BCUT2D eigenvalue weighted by Crippen LogP contribution is 2.15. The summed E-state index contributed by atoms with van der Waals surface area (Å²) in [5, 5.41) is 5.31. The van der Waals surface area contributed by atoms with Crippen molar-refractivity contribution >= 4 is 16.7 Å². The minimum absolute atomic E-state index is 0.201. The van der Waals surface area contributed by atoms with Gasteiger partial charge in [-0.05, 0) is 18.1 Å². The average molecular weight is 347 g/mol. The second-order valence-corrected chi connectivity index (χ2v) is 6.10. The minimum Gasteiger partial charge on any atom is -0.333 e. The highest BCUT2D eigenvalue weighted by Gasteiger charge is 2.20. The van der Waals surface area contributed by atoms with Crippen molar-refractivity contribution in [2.45, 2.75) is 6.42 Å². The molecule has 0 spiro atoms. The van der Waals surface area contributed by atoms with E-state index in [1.54, 1.807) is 36.2 Å². The number of amides is 1. The van der Waals surface area contributed by atoms with Gasteiger partial charge in [-0.2, -0.15) is 5.10 Å². The van der Waals surface area contributed by atoms with Crippen LogP contribution in [0, 0.1) is 0 Å². The summed E-state index contributed by atoms with van der Waals surface area (Å²) in [7, 11) is 1.56. The summed E-state index contributed by atoms with van der Waals surface area (Å²) in [5.74, 6) is -0.201. The summed E-state index contributed by atoms with van der Waals surface area (Å²) in [6.45, 7) is 4.73. The molecule has 26 heavy (non-hydrogen) atoms. The third-order valence-corrected chi connectivity index (χ3v) is 4.31. The molecule has 5 heteroatoms. The van der Waals surface area contributed by atoms with Crippen molar-refractivity contribution in [1.82, 2.24) is 14.7 Å². The number of aryl methyl sites for hydroxylation is 1. The first-order valence-corrected chi connectivity index (χ1v) is 8.52. The molecule has 1 heterocycles. The van der Waals surface area contributed by atoms with Crippen LogP contribution in [-0.2, 0) is 13.5 Å². The zero-order valence-corrected chi connectivity index (χ0v) is 14.8. The maximum absolute atomic E-state index is 13.1. The maximum Gasteiger partial charge on any atom is 0.275 e. The summed E-state index contributed by atoms with van der Waals surface area (Å²) in [6.07, 6.45) is 2.44. The summed E-state index contributed by atoms with van der Waals surface area (Å²) in [4.78, 5) is 27.1. The number of hydrogen-bond acceptors (Lipinski definition) is 3. The first-order chi connectivity index (χ1) is 12.6. The Bertz CT molecular complexity index is 993. The fourth-order valence-corrected chi connectivity index (χ4v) is 2.95. The Morgan fingerprint density at radius 1 is 1.12 bits per heavy atom. The third-order valence-electron chi connectivity index (χ3n) is 4.31. The van der Waals surface area contributed by atoms with Gasteiger partial charge < -0.3 is 4.90 Å². The maximum atomic E-state index is 13.1. The predicted molar refractivity (Wildman–Crippen MR) is 103 cm³/mol. The molecule has 0 bridgehead atoms. The molecular weight excluding hydrogens is 326 g/mol. The van der Waals surface area contributed by atoms with Gasteiger partial charge in [0.1, 0.15) is 0 Å². The summed E-state index contributed by atoms with van der Waals surface area (Å²) in [6, 6.07) is 17.1. The van der Waals surface area contributed by atoms with Crippen molar-refractivity contribution in [1.29, 1.82) is 0 Å². The number of hydrogen-bond donors (Lipinski definition) is 0. The second-order valence-electron chi connectivity index (χ2n) is 6.10. The van der Waals surface area contributed by atoms with Gasteiger partial charge in [-0.1, -0.05) is 54.6 Å². The van der Waals surface area contributed by atoms with Crippen LogP contribution in [0.3, 0.4) is 0 Å². The third kappa shape index (κ3) is 3.57. The van der Waals surface area contributed by atoms with Crippen molar-refractivity contribution in [2.24, 2.45) is 7.05 Å². The molecule has 1 aromatic heterocycles. The van der Waals surface area contributed by atoms with Crippen LogP contribution in [0.15, 0.2) is 72.0 Å². The van der Waals surface area contributed by atoms with Gasteiger partial charge in [0.2, 0.25) is 0 Å². The molecule has 3 rings (SSSR count). The smallest absolute Gasteiger partial charge is 0.275 e. The Labute approximate surface area is 152 Å². The molecular formula is C21H21N3O2. The Balaban J connectivity index is 1.94. The number of nitrogens with zero attached hydrogens (tertiary/aromatic N) is 3. The van der Waals surface area contributed by atoms with Gasteiger partial charge in [-0.25, -0.2) is 4.68 Å². The molecule has 0 N–H and O–H groups in total. The van der Waals surface area contributed by atoms with Gasteiger partial charge in [0.15, 0.2) is 5.69 Å². The molecule has 0 aliphatic rings. The Hall–Kier alpha value is -3.21. The van der Waals surface area contributed by atoms with Crippen molar-refractivity contribution in [3.63, 3.8) is 0 Å². The SMILES string of the molecule is C=CCN(CCc1ccccc1)C(=O)c1nn(C)c(=O)c2ccccc12. The zero-order chi connectivity index (χ0) is 18.5. The van der Waals surface area contributed by atoms with E-state index in [2.05, 4.69) is 11.7 Å². The van der Waals surface area contributed by atoms with Crippen LogP contribution in [0.2, 0.25) is 0 Å². The fourth-order valence-electron chi connectivity index (χ4n) is 2.95. The largest absolute Gasteiger partial charge is 0.333 e. The number of rotatable bonds is 6. The summed E-state index contributed by atoms with van der Waals surface area (Å²) >= 11 is 0. The number of carbonyl (C=O) groups is 1. The van der Waals surface area contributed by atoms with Crippen LogP contribution >= 0.6 is 0 Å². The van der Waals surface area contributed by atoms with E-state index in [1.807, 2.05) is 36.4 Å². The second kappa shape index (κ2) is 7.78. The number of aromatic nitrogens is 2. The number of fused-ring (bicyclic) bond motifs is 1. The first-order valence-electron chi connectivity index (χ1n) is 8.52. The zero-order valence-electron chi connectivity index (χ0n) is 14.8. The van der Waals surface area contributed by atoms with E-state index in [0.29, 0.717) is 23.9 Å². The normalized spacial score (nSPS) is 10.7. The molecule has 5 nitrogen and oxygen atoms in total. The van der Waals surface area contributed by atoms with Crippen LogP contribution < -0.4 is 5.56 Å². The lowest BCUT2D eigenvalue weighted by Gasteiger charge is -2.21. The quantitative estimate of drug-likeness (QED) is 0.644. The van der Waals surface area contributed by atoms with E-state index >= 15 is 0 Å². The van der Waals surface area contributed by atoms with Gasteiger partial charge in [0.05, 0.1) is 5.39 Å². The molecule has 1 amide bonds. The lowest BCUT2D eigenvalue weighted by molar-refractivity contribution is 0.0769. The van der Waals surface area contributed by atoms with Crippen molar-refractivity contribution in [2.75, 3.05) is 13.1 Å². The van der Waals surface area contributed by atoms with Gasteiger partial charge in [-0.15, -0.1) is 6.58 Å². The molecule has 0 aliphatic carbocycles. The van der Waals surface area contributed by atoms with Crippen molar-refractivity contribution < 1.29 is 4.79 Å². The van der Waals surface area contributed by atoms with E-state index in [0.717, 1.165) is 12.0 Å². The van der Waals surface area contributed by atoms with Gasteiger partial charge in [0, 0.05) is 25.5 Å². The van der Waals surface area contributed by atoms with Gasteiger partial charge in [-0.3, -0.25) is 9.59 Å². The van der Waals surface area contributed by atoms with E-state index in [4.69, 9.17) is 0 Å². The minimum atomic E-state index is -0.211. The number of benzene rings is 2. The standard InChI is InChI=1S/C21H21N3O2/c1-3-14-24(15-13-16-9-5-4-6-10-16)21(26)19-17-11-7-8-12-18(17)20(25)23(2)22-19/h3-12H,1,13-15H2,2H3. The molecule has 0 aliphatic heterocycles. The monoisotopic (exact) mass is 347 g/mol. The fraction of sp³-hybridized carbons (Fsp3) is 0.190. The molecule has 2 aromatic carbocycles. The Kier molecular flexibility index (Phi) is 5.27. The molecule has 0 radical (unpaired) electrons. The first kappa shape index (κ1) is 17.6. The van der Waals surface area contributed by atoms with Crippen LogP contribution in [0.5, 0.6) is 0 Å². The van der Waals surface area contributed by atoms with Crippen LogP contribution in [-0.4, -0.2) is 33.7 Å². The predicted octanol–water partition coefficient (Wildman–Crippen LogP) is 2.80. The molecule has 0 unspecified atom stereocenters. The van der Waals surface area contributed by atoms with Crippen LogP contribution in [0.25, 0.3) is 10.8 Å². The molecule has 132 valence electrons. The van der Waals surface area contributed by atoms with Crippen LogP contribution in [0.1, 0.15) is 16.1 Å². The lowest BCUT2D eigenvalue weighted by atomic mass is 10.1. The summed E-state index contributed by atoms with van der Waals surface area (Å²) < 4.78 is 1.22. The van der Waals surface area contributed by atoms with E-state index in [9.17, 15) is 9.59 Å². The van der Waals surface area contributed by atoms with Crippen molar-refractivity contribution in [3.8, 4) is 0 Å². The highest BCUT2D eigenvalue weighted by atomic mass is 16.2. The molecule has 0 saturated carbocycles. The van der Waals surface area contributed by atoms with E-state index in [1.165, 1.54) is 4.68 Å². The van der Waals surface area contributed by atoms with Crippen LogP contribution in [0.4, 0.5) is 0 Å². The molecule has 3 aromatic rings. The van der Waals surface area contributed by atoms with Gasteiger partial charge >= 0.3 is 0 Å². The lowest BCUT2D eigenvalue weighted by Crippen LogP contribution is -2.35. The van der Waals surface area contributed by atoms with E-state index < -0.39 is 0 Å². The summed E-state index contributed by atoms with van der Waals surface area (Å²) in [5.41, 5.74) is 1.24. The molecule has 0 atom stereocenters. The average Bonchev–Trinajstić information content (AvgIpc) is 2.68. The molecule has 0 fully saturated rings. The topological polar surface area (TPSA) is 55.2 Å².